The molecule has 0 spiro atoms. The van der Waals surface area contributed by atoms with Crippen molar-refractivity contribution < 1.29 is 4.74 Å². The molecule has 0 fully saturated rings. The van der Waals surface area contributed by atoms with Crippen molar-refractivity contribution in [1.29, 1.82) is 0 Å². The molecule has 0 aliphatic heterocycles. The Kier molecular flexibility index (Phi) is 6.40. The second-order valence-electron chi connectivity index (χ2n) is 9.00. The molecule has 0 aromatic heterocycles. The first kappa shape index (κ1) is 18.0. The molecule has 0 aromatic carbocycles. The van der Waals surface area contributed by atoms with E-state index in [0.29, 0.717) is 10.8 Å². The van der Waals surface area contributed by atoms with Crippen molar-refractivity contribution in [1.82, 2.24) is 0 Å². The molecule has 0 aliphatic rings. The lowest BCUT2D eigenvalue weighted by Gasteiger charge is -2.33. The Balaban J connectivity index is 3.96. The number of rotatable bonds is 6. The van der Waals surface area contributed by atoms with E-state index in [0.717, 1.165) is 18.9 Å². The van der Waals surface area contributed by atoms with Crippen molar-refractivity contribution in [2.75, 3.05) is 6.61 Å². The van der Waals surface area contributed by atoms with Crippen LogP contribution in [0.2, 0.25) is 0 Å². The van der Waals surface area contributed by atoms with Gasteiger partial charge in [-0.15, -0.1) is 0 Å². The second-order valence-corrected chi connectivity index (χ2v) is 9.00. The molecule has 0 rings (SSSR count). The standard InChI is InChI=1S/C17H36O/c1-14(12-15(2,3)4)10-11-18-17(8,9)13-16(5,6)7/h14H,10-13H2,1-9H3. The molecule has 110 valence electrons. The summed E-state index contributed by atoms with van der Waals surface area (Å²) < 4.78 is 6.09. The largest absolute Gasteiger partial charge is 0.376 e. The van der Waals surface area contributed by atoms with Gasteiger partial charge in [0.05, 0.1) is 5.60 Å². The smallest absolute Gasteiger partial charge is 0.0631 e. The molecule has 1 unspecified atom stereocenters. The summed E-state index contributed by atoms with van der Waals surface area (Å²) in [7, 11) is 0. The summed E-state index contributed by atoms with van der Waals surface area (Å²) in [5, 5.41) is 0. The highest BCUT2D eigenvalue weighted by atomic mass is 16.5. The minimum atomic E-state index is -0.000295. The summed E-state index contributed by atoms with van der Waals surface area (Å²) in [6.45, 7) is 21.4. The molecule has 0 aromatic rings. The van der Waals surface area contributed by atoms with Gasteiger partial charge in [0.1, 0.15) is 0 Å². The van der Waals surface area contributed by atoms with Gasteiger partial charge >= 0.3 is 0 Å². The van der Waals surface area contributed by atoms with Crippen molar-refractivity contribution in [2.45, 2.75) is 87.2 Å². The molecule has 0 N–H and O–H groups in total. The maximum Gasteiger partial charge on any atom is 0.0631 e. The fraction of sp³-hybridized carbons (Fsp3) is 1.00. The van der Waals surface area contributed by atoms with Crippen LogP contribution in [0.3, 0.4) is 0 Å². The Labute approximate surface area is 116 Å². The van der Waals surface area contributed by atoms with Crippen molar-refractivity contribution >= 4 is 0 Å². The van der Waals surface area contributed by atoms with Crippen LogP contribution in [0, 0.1) is 16.7 Å². The zero-order chi connectivity index (χ0) is 14.6. The van der Waals surface area contributed by atoms with Crippen LogP contribution >= 0.6 is 0 Å². The van der Waals surface area contributed by atoms with E-state index >= 15 is 0 Å². The van der Waals surface area contributed by atoms with Crippen LogP contribution in [0.5, 0.6) is 0 Å². The molecule has 0 aliphatic carbocycles. The van der Waals surface area contributed by atoms with Gasteiger partial charge in [-0.25, -0.2) is 0 Å². The van der Waals surface area contributed by atoms with Crippen molar-refractivity contribution in [2.24, 2.45) is 16.7 Å². The van der Waals surface area contributed by atoms with Crippen LogP contribution in [0.4, 0.5) is 0 Å². The Morgan fingerprint density at radius 1 is 0.833 bits per heavy atom. The minimum absolute atomic E-state index is 0.000295. The van der Waals surface area contributed by atoms with Gasteiger partial charge in [0.25, 0.3) is 0 Å². The van der Waals surface area contributed by atoms with Gasteiger partial charge in [0.15, 0.2) is 0 Å². The predicted molar refractivity (Wildman–Crippen MR) is 82.0 cm³/mol. The first-order valence-electron chi connectivity index (χ1n) is 7.45. The van der Waals surface area contributed by atoms with Gasteiger partial charge in [-0.3, -0.25) is 0 Å². The average molecular weight is 256 g/mol. The molecule has 1 heteroatoms. The molecule has 0 bridgehead atoms. The second kappa shape index (κ2) is 6.41. The van der Waals surface area contributed by atoms with Gasteiger partial charge in [-0.2, -0.15) is 0 Å². The van der Waals surface area contributed by atoms with Gasteiger partial charge in [0.2, 0.25) is 0 Å². The summed E-state index contributed by atoms with van der Waals surface area (Å²) >= 11 is 0. The Morgan fingerprint density at radius 2 is 1.33 bits per heavy atom. The average Bonchev–Trinajstić information content (AvgIpc) is 1.93. The maximum absolute atomic E-state index is 6.09. The predicted octanol–water partition coefficient (Wildman–Crippen LogP) is 5.68. The fourth-order valence-electron chi connectivity index (χ4n) is 3.01. The van der Waals surface area contributed by atoms with Crippen LogP contribution < -0.4 is 0 Å². The summed E-state index contributed by atoms with van der Waals surface area (Å²) in [5.41, 5.74) is 0.764. The monoisotopic (exact) mass is 256 g/mol. The molecule has 18 heavy (non-hydrogen) atoms. The van der Waals surface area contributed by atoms with Crippen molar-refractivity contribution in [3.8, 4) is 0 Å². The third kappa shape index (κ3) is 11.1. The van der Waals surface area contributed by atoms with Gasteiger partial charge < -0.3 is 4.74 Å². The first-order chi connectivity index (χ1) is 7.81. The highest BCUT2D eigenvalue weighted by molar-refractivity contribution is 4.77. The normalized spacial score (nSPS) is 15.8. The Hall–Kier alpha value is -0.0400. The Morgan fingerprint density at radius 3 is 1.72 bits per heavy atom. The minimum Gasteiger partial charge on any atom is -0.376 e. The zero-order valence-corrected chi connectivity index (χ0v) is 14.3. The molecule has 1 nitrogen and oxygen atoms in total. The van der Waals surface area contributed by atoms with Crippen LogP contribution in [0.1, 0.15) is 81.6 Å². The lowest BCUT2D eigenvalue weighted by Crippen LogP contribution is -2.31. The quantitative estimate of drug-likeness (QED) is 0.594. The fourth-order valence-corrected chi connectivity index (χ4v) is 3.01. The maximum atomic E-state index is 6.09. The van der Waals surface area contributed by atoms with E-state index in [4.69, 9.17) is 4.74 Å². The van der Waals surface area contributed by atoms with E-state index in [9.17, 15) is 0 Å². The van der Waals surface area contributed by atoms with Crippen LogP contribution in [0.15, 0.2) is 0 Å². The third-order valence-electron chi connectivity index (χ3n) is 3.02. The highest BCUT2D eigenvalue weighted by Crippen LogP contribution is 2.30. The number of hydrogen-bond donors (Lipinski definition) is 0. The number of ether oxygens (including phenoxy) is 1. The van der Waals surface area contributed by atoms with Gasteiger partial charge in [-0.1, -0.05) is 48.5 Å². The topological polar surface area (TPSA) is 9.23 Å². The molecule has 0 saturated heterocycles. The van der Waals surface area contributed by atoms with Crippen molar-refractivity contribution in [3.05, 3.63) is 0 Å². The zero-order valence-electron chi connectivity index (χ0n) is 14.3. The first-order valence-corrected chi connectivity index (χ1v) is 7.45. The molecular weight excluding hydrogens is 220 g/mol. The molecular formula is C17H36O. The Bertz CT molecular complexity index is 227. The number of hydrogen-bond acceptors (Lipinski definition) is 1. The molecule has 0 saturated carbocycles. The van der Waals surface area contributed by atoms with Gasteiger partial charge in [0, 0.05) is 6.61 Å². The molecule has 0 amide bonds. The summed E-state index contributed by atoms with van der Waals surface area (Å²) in [5.74, 6) is 0.746. The summed E-state index contributed by atoms with van der Waals surface area (Å²) in [4.78, 5) is 0. The third-order valence-corrected chi connectivity index (χ3v) is 3.02. The van der Waals surface area contributed by atoms with Crippen LogP contribution in [0.25, 0.3) is 0 Å². The van der Waals surface area contributed by atoms with Crippen LogP contribution in [-0.2, 0) is 4.74 Å². The van der Waals surface area contributed by atoms with E-state index in [1.165, 1.54) is 12.8 Å². The lowest BCUT2D eigenvalue weighted by molar-refractivity contribution is -0.0482. The van der Waals surface area contributed by atoms with E-state index in [1.807, 2.05) is 0 Å². The molecule has 1 atom stereocenters. The highest BCUT2D eigenvalue weighted by Gasteiger charge is 2.26. The molecule has 0 radical (unpaired) electrons. The van der Waals surface area contributed by atoms with Gasteiger partial charge in [-0.05, 0) is 49.9 Å². The van der Waals surface area contributed by atoms with E-state index in [2.05, 4.69) is 62.3 Å². The lowest BCUT2D eigenvalue weighted by atomic mass is 9.83. The SMILES string of the molecule is CC(CCOC(C)(C)CC(C)(C)C)CC(C)(C)C. The van der Waals surface area contributed by atoms with Crippen LogP contribution in [-0.4, -0.2) is 12.2 Å². The molecule has 0 heterocycles. The van der Waals surface area contributed by atoms with E-state index in [-0.39, 0.29) is 5.60 Å². The van der Waals surface area contributed by atoms with E-state index < -0.39 is 0 Å². The van der Waals surface area contributed by atoms with Crippen molar-refractivity contribution in [3.63, 3.8) is 0 Å². The summed E-state index contributed by atoms with van der Waals surface area (Å²) in [6.07, 6.45) is 3.55. The summed E-state index contributed by atoms with van der Waals surface area (Å²) in [6, 6.07) is 0. The van der Waals surface area contributed by atoms with E-state index in [1.54, 1.807) is 0 Å².